The van der Waals surface area contributed by atoms with E-state index in [1.807, 2.05) is 44.2 Å². The number of aliphatic carboxylic acids is 1. The molecule has 0 bridgehead atoms. The van der Waals surface area contributed by atoms with Gasteiger partial charge in [-0.2, -0.15) is 0 Å². The highest BCUT2D eigenvalue weighted by Gasteiger charge is 2.33. The number of nitrogens with one attached hydrogen (secondary N) is 2. The maximum absolute atomic E-state index is 12.5. The zero-order valence-corrected chi connectivity index (χ0v) is 16.4. The van der Waals surface area contributed by atoms with Crippen LogP contribution in [0.4, 0.5) is 4.79 Å². The van der Waals surface area contributed by atoms with E-state index in [0.717, 1.165) is 12.0 Å². The average molecular weight is 391 g/mol. The predicted molar refractivity (Wildman–Crippen MR) is 103 cm³/mol. The molecule has 1 saturated heterocycles. The molecule has 154 valence electrons. The molecule has 1 aliphatic heterocycles. The van der Waals surface area contributed by atoms with Gasteiger partial charge >= 0.3 is 12.1 Å². The van der Waals surface area contributed by atoms with Gasteiger partial charge in [0.25, 0.3) is 0 Å². The fourth-order valence-electron chi connectivity index (χ4n) is 3.20. The van der Waals surface area contributed by atoms with Crippen molar-refractivity contribution in [3.63, 3.8) is 0 Å². The summed E-state index contributed by atoms with van der Waals surface area (Å²) in [7, 11) is 0. The van der Waals surface area contributed by atoms with Crippen molar-refractivity contribution in [1.82, 2.24) is 15.5 Å². The Morgan fingerprint density at radius 3 is 2.61 bits per heavy atom. The van der Waals surface area contributed by atoms with Gasteiger partial charge in [-0.1, -0.05) is 44.2 Å². The fraction of sp³-hybridized carbons (Fsp3) is 0.550. The predicted octanol–water partition coefficient (Wildman–Crippen LogP) is 1.95. The first-order valence-corrected chi connectivity index (χ1v) is 9.59. The molecule has 28 heavy (non-hydrogen) atoms. The second kappa shape index (κ2) is 10.7. The van der Waals surface area contributed by atoms with Crippen molar-refractivity contribution in [2.75, 3.05) is 13.1 Å². The summed E-state index contributed by atoms with van der Waals surface area (Å²) in [6.07, 6.45) is 1.31. The van der Waals surface area contributed by atoms with Crippen LogP contribution < -0.4 is 10.6 Å². The van der Waals surface area contributed by atoms with Crippen LogP contribution in [0.25, 0.3) is 0 Å². The normalized spacial score (nSPS) is 17.4. The molecule has 1 aromatic rings. The highest BCUT2D eigenvalue weighted by atomic mass is 16.6. The van der Waals surface area contributed by atoms with Crippen LogP contribution in [-0.2, 0) is 20.9 Å². The minimum absolute atomic E-state index is 0.192. The standard InChI is InChI=1S/C20H29N3O5/c1-14(2)11-16(19(26)21-12-18(24)25)22-17-9-6-10-23(17)20(27)28-13-15-7-4-3-5-8-15/h3-5,7-8,14,16-17,22H,6,9-13H2,1-2H3,(H,21,26)(H,24,25)/t16-,17?/m0/s1. The molecule has 8 heteroatoms. The number of ether oxygens (including phenoxy) is 1. The molecule has 1 unspecified atom stereocenters. The first kappa shape index (κ1) is 21.7. The van der Waals surface area contributed by atoms with Gasteiger partial charge in [-0.05, 0) is 30.7 Å². The Balaban J connectivity index is 1.94. The van der Waals surface area contributed by atoms with E-state index in [0.29, 0.717) is 19.4 Å². The van der Waals surface area contributed by atoms with Crippen molar-refractivity contribution in [3.8, 4) is 0 Å². The number of amides is 2. The summed E-state index contributed by atoms with van der Waals surface area (Å²) in [6, 6.07) is 8.87. The van der Waals surface area contributed by atoms with Crippen molar-refractivity contribution in [3.05, 3.63) is 35.9 Å². The molecule has 1 aromatic carbocycles. The van der Waals surface area contributed by atoms with Gasteiger partial charge in [0.15, 0.2) is 0 Å². The molecule has 3 N–H and O–H groups in total. The topological polar surface area (TPSA) is 108 Å². The first-order valence-electron chi connectivity index (χ1n) is 9.59. The molecule has 0 aromatic heterocycles. The smallest absolute Gasteiger partial charge is 0.411 e. The number of benzene rings is 1. The van der Waals surface area contributed by atoms with E-state index in [1.165, 1.54) is 0 Å². The minimum Gasteiger partial charge on any atom is -0.480 e. The summed E-state index contributed by atoms with van der Waals surface area (Å²) >= 11 is 0. The lowest BCUT2D eigenvalue weighted by Gasteiger charge is -2.29. The number of nitrogens with zero attached hydrogens (tertiary/aromatic N) is 1. The number of carboxylic acids is 1. The van der Waals surface area contributed by atoms with E-state index in [1.54, 1.807) is 4.90 Å². The molecule has 0 aliphatic carbocycles. The van der Waals surface area contributed by atoms with Gasteiger partial charge < -0.3 is 15.2 Å². The Morgan fingerprint density at radius 2 is 1.96 bits per heavy atom. The van der Waals surface area contributed by atoms with Crippen LogP contribution >= 0.6 is 0 Å². The number of carbonyl (C=O) groups is 3. The lowest BCUT2D eigenvalue weighted by Crippen LogP contribution is -2.54. The zero-order chi connectivity index (χ0) is 20.5. The van der Waals surface area contributed by atoms with E-state index in [-0.39, 0.29) is 24.6 Å². The summed E-state index contributed by atoms with van der Waals surface area (Å²) in [4.78, 5) is 37.2. The third-order valence-corrected chi connectivity index (χ3v) is 4.52. The number of rotatable bonds is 9. The van der Waals surface area contributed by atoms with E-state index < -0.39 is 24.6 Å². The molecule has 1 heterocycles. The molecule has 0 radical (unpaired) electrons. The Hall–Kier alpha value is -2.61. The van der Waals surface area contributed by atoms with E-state index in [4.69, 9.17) is 9.84 Å². The molecular formula is C20H29N3O5. The first-order chi connectivity index (χ1) is 13.4. The SMILES string of the molecule is CC(C)C[C@H](NC1CCCN1C(=O)OCc1ccccc1)C(=O)NCC(=O)O. The fourth-order valence-corrected chi connectivity index (χ4v) is 3.20. The third kappa shape index (κ3) is 6.84. The Bertz CT molecular complexity index is 665. The summed E-state index contributed by atoms with van der Waals surface area (Å²) in [5, 5.41) is 14.4. The van der Waals surface area contributed by atoms with Gasteiger partial charge in [-0.25, -0.2) is 4.79 Å². The monoisotopic (exact) mass is 391 g/mol. The van der Waals surface area contributed by atoms with Crippen LogP contribution in [0, 0.1) is 5.92 Å². The summed E-state index contributed by atoms with van der Waals surface area (Å²) in [5.41, 5.74) is 0.908. The van der Waals surface area contributed by atoms with Gasteiger partial charge in [0.05, 0.1) is 12.2 Å². The van der Waals surface area contributed by atoms with Gasteiger partial charge in [-0.15, -0.1) is 0 Å². The summed E-state index contributed by atoms with van der Waals surface area (Å²) in [6.45, 7) is 4.29. The van der Waals surface area contributed by atoms with Crippen LogP contribution in [0.15, 0.2) is 30.3 Å². The van der Waals surface area contributed by atoms with Crippen molar-refractivity contribution < 1.29 is 24.2 Å². The molecule has 8 nitrogen and oxygen atoms in total. The highest BCUT2D eigenvalue weighted by Crippen LogP contribution is 2.19. The largest absolute Gasteiger partial charge is 0.480 e. The van der Waals surface area contributed by atoms with E-state index >= 15 is 0 Å². The Morgan fingerprint density at radius 1 is 1.25 bits per heavy atom. The molecule has 0 saturated carbocycles. The highest BCUT2D eigenvalue weighted by molar-refractivity contribution is 5.85. The van der Waals surface area contributed by atoms with Crippen LogP contribution in [0.2, 0.25) is 0 Å². The quantitative estimate of drug-likeness (QED) is 0.594. The summed E-state index contributed by atoms with van der Waals surface area (Å²) in [5.74, 6) is -1.24. The molecule has 2 amide bonds. The van der Waals surface area contributed by atoms with Crippen molar-refractivity contribution in [2.45, 2.75) is 51.9 Å². The average Bonchev–Trinajstić information content (AvgIpc) is 3.12. The van der Waals surface area contributed by atoms with Crippen LogP contribution in [0.1, 0.15) is 38.7 Å². The molecule has 2 rings (SSSR count). The molecule has 0 spiro atoms. The van der Waals surface area contributed by atoms with Gasteiger partial charge in [0, 0.05) is 6.54 Å². The second-order valence-electron chi connectivity index (χ2n) is 7.35. The van der Waals surface area contributed by atoms with Gasteiger partial charge in [-0.3, -0.25) is 19.8 Å². The molecular weight excluding hydrogens is 362 g/mol. The maximum atomic E-state index is 12.5. The van der Waals surface area contributed by atoms with Crippen molar-refractivity contribution in [1.29, 1.82) is 0 Å². The molecule has 1 aliphatic rings. The number of hydrogen-bond donors (Lipinski definition) is 3. The van der Waals surface area contributed by atoms with Gasteiger partial charge in [0.1, 0.15) is 13.2 Å². The number of carboxylic acid groups (broad SMARTS) is 1. The zero-order valence-electron chi connectivity index (χ0n) is 16.4. The lowest BCUT2D eigenvalue weighted by molar-refractivity contribution is -0.138. The Kier molecular flexibility index (Phi) is 8.25. The van der Waals surface area contributed by atoms with Crippen molar-refractivity contribution >= 4 is 18.0 Å². The molecule has 1 fully saturated rings. The van der Waals surface area contributed by atoms with Gasteiger partial charge in [0.2, 0.25) is 5.91 Å². The van der Waals surface area contributed by atoms with Crippen LogP contribution in [0.3, 0.4) is 0 Å². The molecule has 2 atom stereocenters. The van der Waals surface area contributed by atoms with Crippen LogP contribution in [0.5, 0.6) is 0 Å². The lowest BCUT2D eigenvalue weighted by atomic mass is 10.0. The maximum Gasteiger partial charge on any atom is 0.411 e. The number of carbonyl (C=O) groups excluding carboxylic acids is 2. The third-order valence-electron chi connectivity index (χ3n) is 4.52. The van der Waals surface area contributed by atoms with E-state index in [9.17, 15) is 14.4 Å². The van der Waals surface area contributed by atoms with Crippen molar-refractivity contribution in [2.24, 2.45) is 5.92 Å². The van der Waals surface area contributed by atoms with E-state index in [2.05, 4.69) is 10.6 Å². The number of likely N-dealkylation sites (tertiary alicyclic amines) is 1. The minimum atomic E-state index is -1.09. The summed E-state index contributed by atoms with van der Waals surface area (Å²) < 4.78 is 5.41. The Labute approximate surface area is 165 Å². The number of hydrogen-bond acceptors (Lipinski definition) is 5. The van der Waals surface area contributed by atoms with Crippen LogP contribution in [-0.4, -0.2) is 53.3 Å². The second-order valence-corrected chi connectivity index (χ2v) is 7.35.